The fourth-order valence-corrected chi connectivity index (χ4v) is 5.00. The minimum Gasteiger partial charge on any atom is -0.479 e. The third-order valence-corrected chi connectivity index (χ3v) is 7.41. The van der Waals surface area contributed by atoms with Gasteiger partial charge in [-0.2, -0.15) is 0 Å². The first-order valence-corrected chi connectivity index (χ1v) is 12.2. The van der Waals surface area contributed by atoms with Crippen molar-refractivity contribution in [1.82, 2.24) is 0 Å². The molecule has 0 aromatic heterocycles. The summed E-state index contributed by atoms with van der Waals surface area (Å²) in [6.07, 6.45) is -16.8. The third-order valence-electron chi connectivity index (χ3n) is 7.41. The highest BCUT2D eigenvalue weighted by Gasteiger charge is 2.50. The summed E-state index contributed by atoms with van der Waals surface area (Å²) in [5.41, 5.74) is 0. The second-order valence-corrected chi connectivity index (χ2v) is 9.73. The zero-order valence-corrected chi connectivity index (χ0v) is 20.5. The second-order valence-electron chi connectivity index (χ2n) is 9.73. The van der Waals surface area contributed by atoms with E-state index in [-0.39, 0.29) is 13.0 Å². The number of aliphatic carboxylic acids is 1. The molecule has 0 aromatic carbocycles. The Labute approximate surface area is 212 Å². The van der Waals surface area contributed by atoms with Crippen LogP contribution in [-0.2, 0) is 28.5 Å². The maximum absolute atomic E-state index is 11.5. The summed E-state index contributed by atoms with van der Waals surface area (Å²) in [6.45, 7) is 1.65. The van der Waals surface area contributed by atoms with E-state index in [1.807, 2.05) is 0 Å². The highest BCUT2D eigenvalue weighted by atomic mass is 16.7. The molecule has 15 nitrogen and oxygen atoms in total. The predicted octanol–water partition coefficient (Wildman–Crippen LogP) is -4.29. The maximum Gasteiger partial charge on any atom is 0.335 e. The molecule has 0 amide bonds. The van der Waals surface area contributed by atoms with E-state index in [2.05, 4.69) is 0 Å². The lowest BCUT2D eigenvalue weighted by Crippen LogP contribution is -2.60. The molecule has 9 N–H and O–H groups in total. The van der Waals surface area contributed by atoms with Crippen LogP contribution in [0.25, 0.3) is 0 Å². The lowest BCUT2D eigenvalue weighted by molar-refractivity contribution is -0.321. The van der Waals surface area contributed by atoms with Crippen molar-refractivity contribution in [3.8, 4) is 0 Å². The van der Waals surface area contributed by atoms with Crippen molar-refractivity contribution in [3.63, 3.8) is 0 Å². The molecule has 3 aliphatic rings. The molecule has 15 heteroatoms. The smallest absolute Gasteiger partial charge is 0.335 e. The van der Waals surface area contributed by atoms with Crippen molar-refractivity contribution in [1.29, 1.82) is 0 Å². The molecule has 0 saturated carbocycles. The first kappa shape index (κ1) is 30.5. The van der Waals surface area contributed by atoms with Crippen molar-refractivity contribution in [2.24, 2.45) is 17.8 Å². The minimum absolute atomic E-state index is 0.223. The molecule has 3 heterocycles. The van der Waals surface area contributed by atoms with Gasteiger partial charge in [0.2, 0.25) is 0 Å². The molecular formula is C22H38O15. The van der Waals surface area contributed by atoms with Gasteiger partial charge in [0.05, 0.1) is 38.1 Å². The van der Waals surface area contributed by atoms with Crippen LogP contribution in [0.4, 0.5) is 0 Å². The zero-order valence-electron chi connectivity index (χ0n) is 20.5. The first-order valence-electron chi connectivity index (χ1n) is 12.2. The highest BCUT2D eigenvalue weighted by Crippen LogP contribution is 2.35. The summed E-state index contributed by atoms with van der Waals surface area (Å²) < 4.78 is 27.1. The monoisotopic (exact) mass is 542 g/mol. The van der Waals surface area contributed by atoms with Crippen LogP contribution in [0.3, 0.4) is 0 Å². The molecule has 3 rings (SSSR count). The van der Waals surface area contributed by atoms with Gasteiger partial charge in [0.15, 0.2) is 25.0 Å². The lowest BCUT2D eigenvalue weighted by Gasteiger charge is -2.45. The molecule has 216 valence electrons. The summed E-state index contributed by atoms with van der Waals surface area (Å²) in [6, 6.07) is 0. The fourth-order valence-electron chi connectivity index (χ4n) is 5.00. The molecule has 3 fully saturated rings. The van der Waals surface area contributed by atoms with E-state index < -0.39 is 111 Å². The highest BCUT2D eigenvalue weighted by molar-refractivity contribution is 5.73. The average molecular weight is 543 g/mol. The van der Waals surface area contributed by atoms with Crippen LogP contribution in [0, 0.1) is 17.8 Å². The van der Waals surface area contributed by atoms with Gasteiger partial charge in [-0.3, -0.25) is 0 Å². The van der Waals surface area contributed by atoms with E-state index in [0.29, 0.717) is 0 Å². The van der Waals surface area contributed by atoms with Crippen molar-refractivity contribution in [3.05, 3.63) is 0 Å². The van der Waals surface area contributed by atoms with Crippen LogP contribution >= 0.6 is 0 Å². The Morgan fingerprint density at radius 3 is 1.89 bits per heavy atom. The van der Waals surface area contributed by atoms with Gasteiger partial charge < -0.3 is 69.6 Å². The van der Waals surface area contributed by atoms with Crippen molar-refractivity contribution in [2.75, 3.05) is 19.8 Å². The summed E-state index contributed by atoms with van der Waals surface area (Å²) in [5.74, 6) is -4.38. The molecule has 0 aliphatic carbocycles. The number of aliphatic hydroxyl groups excluding tert-OH is 8. The molecule has 3 aliphatic heterocycles. The standard InChI is InChI=1S/C22H38O15/c1-3-8-14(26)18(19(30)31)37-21(15(8)27)34-6-10-9(13(25)11(4-23)36-20(10)32)5-33-22-17(29)16(28)12(24)7(2)35-22/h7-18,20-29,32H,3-6H2,1-2H3,(H,30,31)/t7?,8?,9?,10?,11?,12-,13+,14+,15?,16?,17?,18?,20?,21+,22+/m0/s1. The Bertz CT molecular complexity index is 741. The molecule has 10 unspecified atom stereocenters. The molecule has 15 atom stereocenters. The summed E-state index contributed by atoms with van der Waals surface area (Å²) >= 11 is 0. The van der Waals surface area contributed by atoms with Crippen molar-refractivity contribution >= 4 is 5.97 Å². The number of rotatable bonds is 9. The van der Waals surface area contributed by atoms with Crippen LogP contribution in [0.1, 0.15) is 20.3 Å². The fraction of sp³-hybridized carbons (Fsp3) is 0.955. The van der Waals surface area contributed by atoms with Gasteiger partial charge in [0, 0.05) is 17.8 Å². The lowest BCUT2D eigenvalue weighted by atomic mass is 9.82. The van der Waals surface area contributed by atoms with Gasteiger partial charge in [-0.15, -0.1) is 0 Å². The Hall–Kier alpha value is -1.05. The van der Waals surface area contributed by atoms with Crippen LogP contribution < -0.4 is 0 Å². The summed E-state index contributed by atoms with van der Waals surface area (Å²) in [7, 11) is 0. The topological polar surface area (TPSA) is 245 Å². The van der Waals surface area contributed by atoms with E-state index >= 15 is 0 Å². The van der Waals surface area contributed by atoms with Crippen LogP contribution in [0.15, 0.2) is 0 Å². The predicted molar refractivity (Wildman–Crippen MR) is 117 cm³/mol. The Morgan fingerprint density at radius 2 is 1.32 bits per heavy atom. The van der Waals surface area contributed by atoms with E-state index in [9.17, 15) is 50.8 Å². The molecule has 37 heavy (non-hydrogen) atoms. The molecule has 0 aromatic rings. The minimum atomic E-state index is -1.66. The van der Waals surface area contributed by atoms with Gasteiger partial charge in [-0.1, -0.05) is 6.92 Å². The van der Waals surface area contributed by atoms with E-state index in [4.69, 9.17) is 23.7 Å². The second kappa shape index (κ2) is 12.9. The number of aliphatic hydroxyl groups is 8. The first-order chi connectivity index (χ1) is 17.4. The van der Waals surface area contributed by atoms with Gasteiger partial charge in [0.25, 0.3) is 0 Å². The van der Waals surface area contributed by atoms with Crippen LogP contribution in [0.2, 0.25) is 0 Å². The largest absolute Gasteiger partial charge is 0.479 e. The van der Waals surface area contributed by atoms with Gasteiger partial charge >= 0.3 is 5.97 Å². The maximum atomic E-state index is 11.5. The van der Waals surface area contributed by atoms with Gasteiger partial charge in [-0.05, 0) is 13.3 Å². The Kier molecular flexibility index (Phi) is 10.6. The Balaban J connectivity index is 1.72. The van der Waals surface area contributed by atoms with E-state index in [1.165, 1.54) is 6.92 Å². The molecule has 0 bridgehead atoms. The van der Waals surface area contributed by atoms with Crippen molar-refractivity contribution in [2.45, 2.75) is 94.1 Å². The summed E-state index contributed by atoms with van der Waals surface area (Å²) in [4.78, 5) is 11.5. The molecular weight excluding hydrogens is 504 g/mol. The van der Waals surface area contributed by atoms with E-state index in [1.54, 1.807) is 6.92 Å². The zero-order chi connectivity index (χ0) is 27.6. The number of ether oxygens (including phenoxy) is 5. The average Bonchev–Trinajstić information content (AvgIpc) is 2.86. The Morgan fingerprint density at radius 1 is 0.730 bits per heavy atom. The number of hydrogen-bond acceptors (Lipinski definition) is 14. The van der Waals surface area contributed by atoms with Crippen molar-refractivity contribution < 1.29 is 74.4 Å². The van der Waals surface area contributed by atoms with Crippen LogP contribution in [-0.4, -0.2) is 146 Å². The van der Waals surface area contributed by atoms with Gasteiger partial charge in [-0.25, -0.2) is 4.79 Å². The molecule has 3 saturated heterocycles. The van der Waals surface area contributed by atoms with E-state index in [0.717, 1.165) is 0 Å². The number of carboxylic acids is 1. The third kappa shape index (κ3) is 6.41. The van der Waals surface area contributed by atoms with Crippen LogP contribution in [0.5, 0.6) is 0 Å². The molecule has 0 spiro atoms. The number of carboxylic acid groups (broad SMARTS) is 1. The molecule has 0 radical (unpaired) electrons. The SMILES string of the molecule is CCC1C(O)[C@H](OCC2C(O)OC(CO)[C@H](O)C2CO[C@@H]2OC(C)[C@H](O)C(O)C2O)OC(C(=O)O)[C@@H]1O. The number of hydrogen-bond donors (Lipinski definition) is 9. The van der Waals surface area contributed by atoms with Gasteiger partial charge in [0.1, 0.15) is 30.5 Å². The normalized spacial score (nSPS) is 49.1. The summed E-state index contributed by atoms with van der Waals surface area (Å²) in [5, 5.41) is 91.1. The number of carbonyl (C=O) groups is 1. The quantitative estimate of drug-likeness (QED) is 0.134.